The van der Waals surface area contributed by atoms with E-state index in [2.05, 4.69) is 15.5 Å². The lowest BCUT2D eigenvalue weighted by Gasteiger charge is -2.10. The van der Waals surface area contributed by atoms with Gasteiger partial charge >= 0.3 is 0 Å². The zero-order valence-electron chi connectivity index (χ0n) is 15.7. The molecule has 1 heterocycles. The molecule has 0 unspecified atom stereocenters. The fraction of sp³-hybridized carbons (Fsp3) is 0.200. The maximum Gasteiger partial charge on any atom is 0.294 e. The lowest BCUT2D eigenvalue weighted by atomic mass is 10.1. The number of nitrogens with two attached hydrogens (primary N) is 1. The van der Waals surface area contributed by atoms with Crippen LogP contribution < -0.4 is 16.7 Å². The van der Waals surface area contributed by atoms with Gasteiger partial charge in [0, 0.05) is 12.1 Å². The number of amides is 1. The molecule has 7 nitrogen and oxygen atoms in total. The van der Waals surface area contributed by atoms with Crippen molar-refractivity contribution in [2.75, 3.05) is 16.9 Å². The van der Waals surface area contributed by atoms with Crippen molar-refractivity contribution in [3.8, 4) is 0 Å². The molecule has 3 rings (SSSR count). The highest BCUT2D eigenvalue weighted by atomic mass is 32.2. The van der Waals surface area contributed by atoms with Gasteiger partial charge in [-0.05, 0) is 31.0 Å². The Hall–Kier alpha value is -3.13. The van der Waals surface area contributed by atoms with Gasteiger partial charge in [0.15, 0.2) is 0 Å². The molecular weight excluding hydrogens is 374 g/mol. The number of anilines is 1. The molecule has 0 fully saturated rings. The maximum atomic E-state index is 12.4. The molecule has 2 aromatic carbocycles. The third-order valence-corrected chi connectivity index (χ3v) is 5.07. The first kappa shape index (κ1) is 19.6. The van der Waals surface area contributed by atoms with Crippen LogP contribution in [0.25, 0.3) is 0 Å². The summed E-state index contributed by atoms with van der Waals surface area (Å²) in [5, 5.41) is 11.1. The zero-order valence-corrected chi connectivity index (χ0v) is 16.5. The molecule has 0 aliphatic carbocycles. The number of hydrogen-bond donors (Lipinski definition) is 2. The van der Waals surface area contributed by atoms with Crippen LogP contribution in [0.1, 0.15) is 22.4 Å². The zero-order chi connectivity index (χ0) is 20.1. The van der Waals surface area contributed by atoms with Crippen LogP contribution >= 0.6 is 11.8 Å². The lowest BCUT2D eigenvalue weighted by molar-refractivity contribution is -0.113. The average Bonchev–Trinajstić information content (AvgIpc) is 2.68. The molecule has 0 saturated carbocycles. The molecule has 3 N–H and O–H groups in total. The lowest BCUT2D eigenvalue weighted by Crippen LogP contribution is -2.34. The Bertz CT molecular complexity index is 1050. The quantitative estimate of drug-likeness (QED) is 0.490. The molecule has 28 heavy (non-hydrogen) atoms. The predicted octanol–water partition coefficient (Wildman–Crippen LogP) is 2.29. The van der Waals surface area contributed by atoms with Gasteiger partial charge in [-0.25, -0.2) is 0 Å². The number of aromatic nitrogens is 3. The van der Waals surface area contributed by atoms with E-state index in [0.29, 0.717) is 6.42 Å². The van der Waals surface area contributed by atoms with Gasteiger partial charge in [-0.2, -0.15) is 4.68 Å². The van der Waals surface area contributed by atoms with Gasteiger partial charge in [-0.1, -0.05) is 59.8 Å². The van der Waals surface area contributed by atoms with E-state index in [0.717, 1.165) is 38.8 Å². The van der Waals surface area contributed by atoms with E-state index in [9.17, 15) is 9.59 Å². The molecule has 0 aliphatic heterocycles. The first-order valence-corrected chi connectivity index (χ1v) is 9.70. The Morgan fingerprint density at radius 2 is 1.89 bits per heavy atom. The van der Waals surface area contributed by atoms with E-state index in [1.165, 1.54) is 0 Å². The van der Waals surface area contributed by atoms with Crippen LogP contribution in [0.15, 0.2) is 58.5 Å². The van der Waals surface area contributed by atoms with Crippen molar-refractivity contribution in [1.82, 2.24) is 14.9 Å². The fourth-order valence-electron chi connectivity index (χ4n) is 2.69. The van der Waals surface area contributed by atoms with Crippen molar-refractivity contribution >= 4 is 23.4 Å². The third-order valence-electron chi connectivity index (χ3n) is 4.13. The molecular formula is C20H21N5O2S. The van der Waals surface area contributed by atoms with Crippen LogP contribution in [-0.2, 0) is 11.2 Å². The Morgan fingerprint density at radius 3 is 2.61 bits per heavy atom. The van der Waals surface area contributed by atoms with Gasteiger partial charge in [-0.3, -0.25) is 9.59 Å². The van der Waals surface area contributed by atoms with Crippen LogP contribution in [0.2, 0.25) is 0 Å². The van der Waals surface area contributed by atoms with Crippen LogP contribution in [0, 0.1) is 13.8 Å². The third kappa shape index (κ3) is 4.77. The number of nitrogen functional groups attached to an aromatic ring is 1. The SMILES string of the molecule is Cc1ccc(NC(=O)CSc2nnc(Cc3ccccc3)c(=O)n2N)c(C)c1. The number of carbonyl (C=O) groups is 1. The minimum Gasteiger partial charge on any atom is -0.334 e. The predicted molar refractivity (Wildman–Crippen MR) is 111 cm³/mol. The number of thioether (sulfide) groups is 1. The van der Waals surface area contributed by atoms with Crippen LogP contribution in [-0.4, -0.2) is 26.5 Å². The van der Waals surface area contributed by atoms with Gasteiger partial charge < -0.3 is 11.2 Å². The summed E-state index contributed by atoms with van der Waals surface area (Å²) in [6.07, 6.45) is 0.349. The maximum absolute atomic E-state index is 12.4. The summed E-state index contributed by atoms with van der Waals surface area (Å²) < 4.78 is 0.945. The molecule has 1 aromatic heterocycles. The summed E-state index contributed by atoms with van der Waals surface area (Å²) in [7, 11) is 0. The van der Waals surface area contributed by atoms with Crippen LogP contribution in [0.4, 0.5) is 5.69 Å². The normalized spacial score (nSPS) is 10.6. The highest BCUT2D eigenvalue weighted by Gasteiger charge is 2.13. The summed E-state index contributed by atoms with van der Waals surface area (Å²) in [5.41, 5.74) is 3.66. The minimum atomic E-state index is -0.420. The second kappa shape index (κ2) is 8.71. The molecule has 0 spiro atoms. The van der Waals surface area contributed by atoms with Crippen molar-refractivity contribution in [2.45, 2.75) is 25.4 Å². The molecule has 0 atom stereocenters. The largest absolute Gasteiger partial charge is 0.334 e. The van der Waals surface area contributed by atoms with Gasteiger partial charge in [-0.15, -0.1) is 10.2 Å². The summed E-state index contributed by atoms with van der Waals surface area (Å²) in [5.74, 6) is 5.72. The molecule has 8 heteroatoms. The van der Waals surface area contributed by atoms with Crippen LogP contribution in [0.5, 0.6) is 0 Å². The Kier molecular flexibility index (Phi) is 6.10. The first-order chi connectivity index (χ1) is 13.4. The Labute approximate surface area is 167 Å². The van der Waals surface area contributed by atoms with Gasteiger partial charge in [0.05, 0.1) is 5.75 Å². The standard InChI is InChI=1S/C20H21N5O2S/c1-13-8-9-16(14(2)10-13)22-18(26)12-28-20-24-23-17(19(27)25(20)21)11-15-6-4-3-5-7-15/h3-10H,11-12,21H2,1-2H3,(H,22,26). The molecule has 3 aromatic rings. The van der Waals surface area contributed by atoms with Gasteiger partial charge in [0.1, 0.15) is 5.69 Å². The highest BCUT2D eigenvalue weighted by molar-refractivity contribution is 7.99. The van der Waals surface area contributed by atoms with Crippen molar-refractivity contribution in [3.05, 3.63) is 81.3 Å². The second-order valence-corrected chi connectivity index (χ2v) is 7.36. The van der Waals surface area contributed by atoms with E-state index in [1.807, 2.05) is 62.4 Å². The Balaban J connectivity index is 1.65. The van der Waals surface area contributed by atoms with E-state index < -0.39 is 5.56 Å². The average molecular weight is 395 g/mol. The number of hydrogen-bond acceptors (Lipinski definition) is 6. The number of nitrogens with zero attached hydrogens (tertiary/aromatic N) is 3. The van der Waals surface area contributed by atoms with E-state index >= 15 is 0 Å². The molecule has 0 bridgehead atoms. The van der Waals surface area contributed by atoms with E-state index in [1.54, 1.807) is 0 Å². The van der Waals surface area contributed by atoms with E-state index in [4.69, 9.17) is 5.84 Å². The number of carbonyl (C=O) groups excluding carboxylic acids is 1. The van der Waals surface area contributed by atoms with Crippen molar-refractivity contribution in [3.63, 3.8) is 0 Å². The second-order valence-electron chi connectivity index (χ2n) is 6.42. The molecule has 0 saturated heterocycles. The van der Waals surface area contributed by atoms with E-state index in [-0.39, 0.29) is 22.5 Å². The summed E-state index contributed by atoms with van der Waals surface area (Å²) in [6, 6.07) is 15.3. The summed E-state index contributed by atoms with van der Waals surface area (Å²) in [6.45, 7) is 3.93. The number of benzene rings is 2. The fourth-order valence-corrected chi connectivity index (χ4v) is 3.34. The number of aryl methyl sites for hydroxylation is 2. The minimum absolute atomic E-state index is 0.0661. The molecule has 144 valence electrons. The van der Waals surface area contributed by atoms with Gasteiger partial charge in [0.25, 0.3) is 5.56 Å². The Morgan fingerprint density at radius 1 is 1.14 bits per heavy atom. The smallest absolute Gasteiger partial charge is 0.294 e. The van der Waals surface area contributed by atoms with Gasteiger partial charge in [0.2, 0.25) is 11.1 Å². The van der Waals surface area contributed by atoms with Crippen molar-refractivity contribution < 1.29 is 4.79 Å². The molecule has 0 radical (unpaired) electrons. The highest BCUT2D eigenvalue weighted by Crippen LogP contribution is 2.17. The first-order valence-electron chi connectivity index (χ1n) is 8.71. The van der Waals surface area contributed by atoms with Crippen LogP contribution in [0.3, 0.4) is 0 Å². The number of rotatable bonds is 6. The summed E-state index contributed by atoms with van der Waals surface area (Å²) in [4.78, 5) is 24.6. The van der Waals surface area contributed by atoms with Crippen molar-refractivity contribution in [1.29, 1.82) is 0 Å². The molecule has 1 amide bonds. The number of nitrogens with one attached hydrogen (secondary N) is 1. The topological polar surface area (TPSA) is 103 Å². The molecule has 0 aliphatic rings. The monoisotopic (exact) mass is 395 g/mol. The van der Waals surface area contributed by atoms with Crippen molar-refractivity contribution in [2.24, 2.45) is 0 Å². The summed E-state index contributed by atoms with van der Waals surface area (Å²) >= 11 is 1.06.